The Morgan fingerprint density at radius 3 is 2.75 bits per heavy atom. The standard InChI is InChI=1S/C8H6N2O2/c9-8(12)7(5-11)6-2-1-3-10-4-6/h1-4H,(H2,9,12). The van der Waals surface area contributed by atoms with Crippen molar-refractivity contribution in [2.45, 2.75) is 0 Å². The van der Waals surface area contributed by atoms with Gasteiger partial charge in [-0.1, -0.05) is 6.07 Å². The van der Waals surface area contributed by atoms with Crippen LogP contribution >= 0.6 is 0 Å². The molecule has 0 aliphatic rings. The molecule has 2 N–H and O–H groups in total. The first-order valence-corrected chi connectivity index (χ1v) is 3.21. The first-order valence-electron chi connectivity index (χ1n) is 3.21. The van der Waals surface area contributed by atoms with Gasteiger partial charge in [0.05, 0.1) is 0 Å². The molecule has 4 heteroatoms. The number of rotatable bonds is 2. The lowest BCUT2D eigenvalue weighted by Crippen LogP contribution is -2.13. The van der Waals surface area contributed by atoms with Gasteiger partial charge in [-0.15, -0.1) is 0 Å². The molecule has 1 heterocycles. The van der Waals surface area contributed by atoms with Gasteiger partial charge in [-0.3, -0.25) is 9.78 Å². The molecule has 0 atom stereocenters. The van der Waals surface area contributed by atoms with E-state index in [0.29, 0.717) is 5.56 Å². The van der Waals surface area contributed by atoms with Gasteiger partial charge in [0, 0.05) is 18.0 Å². The van der Waals surface area contributed by atoms with E-state index in [4.69, 9.17) is 5.73 Å². The number of carbonyl (C=O) groups is 1. The Bertz CT molecular complexity index is 339. The van der Waals surface area contributed by atoms with E-state index in [0.717, 1.165) is 0 Å². The largest absolute Gasteiger partial charge is 0.365 e. The molecule has 0 aliphatic carbocycles. The molecule has 4 nitrogen and oxygen atoms in total. The summed E-state index contributed by atoms with van der Waals surface area (Å²) in [6.45, 7) is 0. The SMILES string of the molecule is NC(=O)C(=C=O)c1cccnc1. The summed E-state index contributed by atoms with van der Waals surface area (Å²) in [6, 6.07) is 3.17. The maximum atomic E-state index is 10.6. The first-order chi connectivity index (χ1) is 5.75. The summed E-state index contributed by atoms with van der Waals surface area (Å²) >= 11 is 0. The quantitative estimate of drug-likeness (QED) is 0.482. The van der Waals surface area contributed by atoms with Crippen LogP contribution in [-0.4, -0.2) is 16.8 Å². The Labute approximate surface area is 68.7 Å². The number of nitrogens with two attached hydrogens (primary N) is 1. The Kier molecular flexibility index (Phi) is 2.35. The normalized spacial score (nSPS) is 8.67. The predicted octanol–water partition coefficient (Wildman–Crippen LogP) is -0.218. The molecule has 0 unspecified atom stereocenters. The topological polar surface area (TPSA) is 73.1 Å². The van der Waals surface area contributed by atoms with Gasteiger partial charge >= 0.3 is 0 Å². The van der Waals surface area contributed by atoms with Gasteiger partial charge in [-0.25, -0.2) is 4.79 Å². The van der Waals surface area contributed by atoms with Crippen LogP contribution in [0.1, 0.15) is 5.56 Å². The van der Waals surface area contributed by atoms with Gasteiger partial charge in [-0.05, 0) is 6.07 Å². The summed E-state index contributed by atoms with van der Waals surface area (Å²) in [4.78, 5) is 24.6. The predicted molar refractivity (Wildman–Crippen MR) is 42.5 cm³/mol. The number of carbonyl (C=O) groups excluding carboxylic acids is 2. The number of hydrogen-bond acceptors (Lipinski definition) is 3. The van der Waals surface area contributed by atoms with Crippen molar-refractivity contribution in [1.29, 1.82) is 0 Å². The van der Waals surface area contributed by atoms with Crippen molar-refractivity contribution >= 4 is 17.4 Å². The van der Waals surface area contributed by atoms with E-state index in [-0.39, 0.29) is 5.57 Å². The minimum absolute atomic E-state index is 0.178. The van der Waals surface area contributed by atoms with Crippen molar-refractivity contribution in [3.63, 3.8) is 0 Å². The highest BCUT2D eigenvalue weighted by atomic mass is 16.1. The fourth-order valence-corrected chi connectivity index (χ4v) is 0.762. The minimum atomic E-state index is -0.794. The van der Waals surface area contributed by atoms with Crippen LogP contribution in [-0.2, 0) is 9.59 Å². The van der Waals surface area contributed by atoms with Crippen LogP contribution in [0.5, 0.6) is 0 Å². The molecule has 0 aromatic carbocycles. The highest BCUT2D eigenvalue weighted by Crippen LogP contribution is 2.07. The van der Waals surface area contributed by atoms with Gasteiger partial charge in [0.1, 0.15) is 11.5 Å². The smallest absolute Gasteiger partial charge is 0.260 e. The van der Waals surface area contributed by atoms with E-state index in [9.17, 15) is 9.59 Å². The number of amides is 1. The zero-order valence-electron chi connectivity index (χ0n) is 6.15. The second-order valence-electron chi connectivity index (χ2n) is 2.08. The van der Waals surface area contributed by atoms with Gasteiger partial charge in [0.2, 0.25) is 0 Å². The molecule has 0 saturated carbocycles. The zero-order chi connectivity index (χ0) is 8.97. The average molecular weight is 162 g/mol. The summed E-state index contributed by atoms with van der Waals surface area (Å²) in [6.07, 6.45) is 2.91. The van der Waals surface area contributed by atoms with Crippen molar-refractivity contribution in [3.8, 4) is 0 Å². The molecular weight excluding hydrogens is 156 g/mol. The third kappa shape index (κ3) is 1.56. The van der Waals surface area contributed by atoms with Crippen LogP contribution in [0.3, 0.4) is 0 Å². The Hall–Kier alpha value is -1.93. The molecular formula is C8H6N2O2. The van der Waals surface area contributed by atoms with Crippen molar-refractivity contribution < 1.29 is 9.59 Å². The molecule has 0 radical (unpaired) electrons. The first kappa shape index (κ1) is 8.17. The molecule has 0 fully saturated rings. The van der Waals surface area contributed by atoms with Crippen LogP contribution in [0.4, 0.5) is 0 Å². The highest BCUT2D eigenvalue weighted by molar-refractivity contribution is 6.26. The Balaban J connectivity index is 3.14. The molecule has 1 aromatic heterocycles. The van der Waals surface area contributed by atoms with E-state index in [2.05, 4.69) is 4.98 Å². The van der Waals surface area contributed by atoms with Crippen molar-refractivity contribution in [2.24, 2.45) is 5.73 Å². The average Bonchev–Trinajstić information content (AvgIpc) is 2.07. The number of aromatic nitrogens is 1. The van der Waals surface area contributed by atoms with Gasteiger partial charge in [0.15, 0.2) is 0 Å². The van der Waals surface area contributed by atoms with E-state index >= 15 is 0 Å². The Morgan fingerprint density at radius 2 is 2.33 bits per heavy atom. The van der Waals surface area contributed by atoms with Crippen LogP contribution in [0, 0.1) is 0 Å². The summed E-state index contributed by atoms with van der Waals surface area (Å²) in [5, 5.41) is 0. The molecule has 1 rings (SSSR count). The lowest BCUT2D eigenvalue weighted by Gasteiger charge is -1.95. The molecule has 1 aromatic rings. The fourth-order valence-electron chi connectivity index (χ4n) is 0.762. The summed E-state index contributed by atoms with van der Waals surface area (Å²) in [7, 11) is 0. The van der Waals surface area contributed by atoms with Gasteiger partial charge in [0.25, 0.3) is 5.91 Å². The van der Waals surface area contributed by atoms with Crippen LogP contribution < -0.4 is 5.73 Å². The Morgan fingerprint density at radius 1 is 1.58 bits per heavy atom. The van der Waals surface area contributed by atoms with Gasteiger partial charge in [-0.2, -0.15) is 0 Å². The summed E-state index contributed by atoms with van der Waals surface area (Å²) in [5.74, 6) is 0.676. The highest BCUT2D eigenvalue weighted by Gasteiger charge is 2.08. The summed E-state index contributed by atoms with van der Waals surface area (Å²) in [5.41, 5.74) is 5.12. The van der Waals surface area contributed by atoms with Crippen LogP contribution in [0.15, 0.2) is 24.5 Å². The van der Waals surface area contributed by atoms with E-state index < -0.39 is 5.91 Å². The maximum absolute atomic E-state index is 10.6. The number of nitrogens with zero attached hydrogens (tertiary/aromatic N) is 1. The molecule has 0 spiro atoms. The van der Waals surface area contributed by atoms with E-state index in [1.54, 1.807) is 12.1 Å². The molecule has 12 heavy (non-hydrogen) atoms. The van der Waals surface area contributed by atoms with E-state index in [1.807, 2.05) is 0 Å². The molecule has 1 amide bonds. The van der Waals surface area contributed by atoms with Crippen LogP contribution in [0.25, 0.3) is 5.57 Å². The molecule has 0 aliphatic heterocycles. The maximum Gasteiger partial charge on any atom is 0.260 e. The molecule has 60 valence electrons. The van der Waals surface area contributed by atoms with Crippen molar-refractivity contribution in [1.82, 2.24) is 4.98 Å². The third-order valence-corrected chi connectivity index (χ3v) is 1.30. The number of hydrogen-bond donors (Lipinski definition) is 1. The monoisotopic (exact) mass is 162 g/mol. The van der Waals surface area contributed by atoms with Crippen LogP contribution in [0.2, 0.25) is 0 Å². The fraction of sp³-hybridized carbons (Fsp3) is 0. The van der Waals surface area contributed by atoms with E-state index in [1.165, 1.54) is 18.3 Å². The zero-order valence-corrected chi connectivity index (χ0v) is 6.15. The second-order valence-corrected chi connectivity index (χ2v) is 2.08. The lowest BCUT2D eigenvalue weighted by molar-refractivity contribution is -0.112. The molecule has 0 bridgehead atoms. The van der Waals surface area contributed by atoms with Crippen molar-refractivity contribution in [2.75, 3.05) is 0 Å². The lowest BCUT2D eigenvalue weighted by atomic mass is 10.1. The minimum Gasteiger partial charge on any atom is -0.365 e. The molecule has 0 saturated heterocycles. The van der Waals surface area contributed by atoms with Gasteiger partial charge < -0.3 is 5.73 Å². The third-order valence-electron chi connectivity index (χ3n) is 1.30. The number of pyridine rings is 1. The second kappa shape index (κ2) is 3.46. The van der Waals surface area contributed by atoms with Crippen molar-refractivity contribution in [3.05, 3.63) is 30.1 Å². The number of primary amides is 1. The summed E-state index contributed by atoms with van der Waals surface area (Å²) < 4.78 is 0.